The van der Waals surface area contributed by atoms with Crippen molar-refractivity contribution in [1.29, 1.82) is 0 Å². The largest absolute Gasteiger partial charge is 0.378 e. The highest BCUT2D eigenvalue weighted by Crippen LogP contribution is 2.20. The molecule has 1 N–H and O–H groups in total. The summed E-state index contributed by atoms with van der Waals surface area (Å²) < 4.78 is 7.55. The Hall–Kier alpha value is -2.14. The summed E-state index contributed by atoms with van der Waals surface area (Å²) in [5.41, 5.74) is 1.04. The molecule has 1 aromatic heterocycles. The maximum Gasteiger partial charge on any atom is 0.226 e. The van der Waals surface area contributed by atoms with E-state index in [2.05, 4.69) is 10.3 Å². The van der Waals surface area contributed by atoms with Gasteiger partial charge in [0.25, 0.3) is 0 Å². The smallest absolute Gasteiger partial charge is 0.226 e. The lowest BCUT2D eigenvalue weighted by Gasteiger charge is -2.28. The third-order valence-electron chi connectivity index (χ3n) is 4.12. The fraction of sp³-hybridized carbons (Fsp3) is 0.412. The minimum Gasteiger partial charge on any atom is -0.378 e. The Kier molecular flexibility index (Phi) is 4.53. The first kappa shape index (κ1) is 14.8. The number of hydrogen-bond acceptors (Lipinski definition) is 3. The first-order chi connectivity index (χ1) is 10.8. The lowest BCUT2D eigenvalue weighted by atomic mass is 9.94. The molecule has 1 aromatic carbocycles. The van der Waals surface area contributed by atoms with Crippen molar-refractivity contribution in [3.05, 3.63) is 48.5 Å². The predicted molar refractivity (Wildman–Crippen MR) is 83.5 cm³/mol. The van der Waals surface area contributed by atoms with Crippen molar-refractivity contribution in [2.45, 2.75) is 32.4 Å². The topological polar surface area (TPSA) is 56.1 Å². The van der Waals surface area contributed by atoms with Crippen molar-refractivity contribution < 1.29 is 9.53 Å². The number of ether oxygens (including phenoxy) is 1. The van der Waals surface area contributed by atoms with E-state index in [1.807, 2.05) is 48.0 Å². The van der Waals surface area contributed by atoms with Crippen molar-refractivity contribution in [2.24, 2.45) is 5.92 Å². The molecule has 5 nitrogen and oxygen atoms in total. The average Bonchev–Trinajstić information content (AvgIpc) is 3.02. The second kappa shape index (κ2) is 6.75. The molecule has 0 spiro atoms. The van der Waals surface area contributed by atoms with E-state index in [1.54, 1.807) is 6.20 Å². The number of carbonyl (C=O) groups is 1. The summed E-state index contributed by atoms with van der Waals surface area (Å²) in [6.07, 6.45) is 5.48. The molecule has 3 rings (SSSR count). The molecule has 2 heterocycles. The molecule has 0 bridgehead atoms. The molecule has 0 unspecified atom stereocenters. The van der Waals surface area contributed by atoms with Crippen LogP contribution >= 0.6 is 0 Å². The number of para-hydroxylation sites is 1. The van der Waals surface area contributed by atoms with Crippen LogP contribution in [-0.4, -0.2) is 28.2 Å². The van der Waals surface area contributed by atoms with Crippen molar-refractivity contribution in [3.63, 3.8) is 0 Å². The molecule has 1 aliphatic rings. The maximum absolute atomic E-state index is 12.3. The van der Waals surface area contributed by atoms with Gasteiger partial charge in [-0.3, -0.25) is 4.79 Å². The second-order valence-corrected chi connectivity index (χ2v) is 5.59. The van der Waals surface area contributed by atoms with Crippen LogP contribution in [0.4, 0.5) is 0 Å². The highest BCUT2D eigenvalue weighted by molar-refractivity contribution is 5.79. The van der Waals surface area contributed by atoms with Gasteiger partial charge in [0.15, 0.2) is 0 Å². The van der Waals surface area contributed by atoms with Gasteiger partial charge in [-0.2, -0.15) is 0 Å². The SMILES string of the molecule is C[C@H]1OCCC[C@@H]1C(=O)NCc1nccn1-c1ccccc1. The van der Waals surface area contributed by atoms with Crippen LogP contribution in [-0.2, 0) is 16.1 Å². The standard InChI is InChI=1S/C17H21N3O2/c1-13-15(8-5-11-22-13)17(21)19-12-16-18-9-10-20(16)14-6-3-2-4-7-14/h2-4,6-7,9-10,13,15H,5,8,11-12H2,1H3,(H,19,21)/t13-,15+/m1/s1. The third kappa shape index (κ3) is 3.20. The molecule has 1 aliphatic heterocycles. The molecule has 2 aromatic rings. The highest BCUT2D eigenvalue weighted by Gasteiger charge is 2.28. The van der Waals surface area contributed by atoms with Gasteiger partial charge in [0.2, 0.25) is 5.91 Å². The van der Waals surface area contributed by atoms with Gasteiger partial charge in [0, 0.05) is 24.7 Å². The number of rotatable bonds is 4. The van der Waals surface area contributed by atoms with E-state index in [-0.39, 0.29) is 17.9 Å². The molecule has 22 heavy (non-hydrogen) atoms. The van der Waals surface area contributed by atoms with Crippen LogP contribution in [0.3, 0.4) is 0 Å². The number of hydrogen-bond donors (Lipinski definition) is 1. The molecular weight excluding hydrogens is 278 g/mol. The molecule has 0 aliphatic carbocycles. The Bertz CT molecular complexity index is 624. The van der Waals surface area contributed by atoms with E-state index >= 15 is 0 Å². The van der Waals surface area contributed by atoms with Crippen LogP contribution in [0.2, 0.25) is 0 Å². The Morgan fingerprint density at radius 2 is 2.23 bits per heavy atom. The Labute approximate surface area is 130 Å². The molecule has 2 atom stereocenters. The number of nitrogens with zero attached hydrogens (tertiary/aromatic N) is 2. The number of benzene rings is 1. The van der Waals surface area contributed by atoms with Crippen LogP contribution < -0.4 is 5.32 Å². The van der Waals surface area contributed by atoms with Gasteiger partial charge in [-0.25, -0.2) is 4.98 Å². The zero-order valence-corrected chi connectivity index (χ0v) is 12.7. The van der Waals surface area contributed by atoms with Gasteiger partial charge in [0.05, 0.1) is 18.6 Å². The van der Waals surface area contributed by atoms with Crippen LogP contribution in [0.5, 0.6) is 0 Å². The second-order valence-electron chi connectivity index (χ2n) is 5.59. The average molecular weight is 299 g/mol. The van der Waals surface area contributed by atoms with E-state index < -0.39 is 0 Å². The number of nitrogens with one attached hydrogen (secondary N) is 1. The Morgan fingerprint density at radius 3 is 3.00 bits per heavy atom. The first-order valence-electron chi connectivity index (χ1n) is 7.72. The normalized spacial score (nSPS) is 21.5. The van der Waals surface area contributed by atoms with Gasteiger partial charge in [-0.05, 0) is 31.9 Å². The molecule has 1 amide bonds. The first-order valence-corrected chi connectivity index (χ1v) is 7.72. The fourth-order valence-electron chi connectivity index (χ4n) is 2.85. The summed E-state index contributed by atoms with van der Waals surface area (Å²) in [5, 5.41) is 2.99. The van der Waals surface area contributed by atoms with Crippen LogP contribution in [0.1, 0.15) is 25.6 Å². The number of amides is 1. The molecular formula is C17H21N3O2. The summed E-state index contributed by atoms with van der Waals surface area (Å²) in [6.45, 7) is 3.14. The zero-order chi connectivity index (χ0) is 15.4. The van der Waals surface area contributed by atoms with Crippen LogP contribution in [0.15, 0.2) is 42.7 Å². The fourth-order valence-corrected chi connectivity index (χ4v) is 2.85. The lowest BCUT2D eigenvalue weighted by molar-refractivity contribution is -0.133. The van der Waals surface area contributed by atoms with E-state index in [9.17, 15) is 4.79 Å². The molecule has 0 radical (unpaired) electrons. The van der Waals surface area contributed by atoms with E-state index in [0.717, 1.165) is 31.0 Å². The summed E-state index contributed by atoms with van der Waals surface area (Å²) in [5.74, 6) is 0.813. The monoisotopic (exact) mass is 299 g/mol. The molecule has 1 fully saturated rings. The van der Waals surface area contributed by atoms with E-state index in [0.29, 0.717) is 6.54 Å². The lowest BCUT2D eigenvalue weighted by Crippen LogP contribution is -2.40. The van der Waals surface area contributed by atoms with Crippen molar-refractivity contribution in [3.8, 4) is 5.69 Å². The van der Waals surface area contributed by atoms with Crippen molar-refractivity contribution in [1.82, 2.24) is 14.9 Å². The Morgan fingerprint density at radius 1 is 1.41 bits per heavy atom. The van der Waals surface area contributed by atoms with Crippen LogP contribution in [0, 0.1) is 5.92 Å². The summed E-state index contributed by atoms with van der Waals surface area (Å²) >= 11 is 0. The quantitative estimate of drug-likeness (QED) is 0.942. The van der Waals surface area contributed by atoms with Gasteiger partial charge in [-0.15, -0.1) is 0 Å². The van der Waals surface area contributed by atoms with E-state index in [1.165, 1.54) is 0 Å². The van der Waals surface area contributed by atoms with Gasteiger partial charge < -0.3 is 14.6 Å². The molecule has 116 valence electrons. The highest BCUT2D eigenvalue weighted by atomic mass is 16.5. The number of imidazole rings is 1. The van der Waals surface area contributed by atoms with Gasteiger partial charge in [-0.1, -0.05) is 18.2 Å². The van der Waals surface area contributed by atoms with Crippen LogP contribution in [0.25, 0.3) is 5.69 Å². The van der Waals surface area contributed by atoms with Gasteiger partial charge in [0.1, 0.15) is 5.82 Å². The van der Waals surface area contributed by atoms with Gasteiger partial charge >= 0.3 is 0 Å². The van der Waals surface area contributed by atoms with E-state index in [4.69, 9.17) is 4.74 Å². The minimum atomic E-state index is -0.0612. The molecule has 0 saturated carbocycles. The maximum atomic E-state index is 12.3. The summed E-state index contributed by atoms with van der Waals surface area (Å²) in [6, 6.07) is 9.98. The number of aromatic nitrogens is 2. The summed E-state index contributed by atoms with van der Waals surface area (Å²) in [4.78, 5) is 16.7. The minimum absolute atomic E-state index is 0.0115. The van der Waals surface area contributed by atoms with Crippen molar-refractivity contribution in [2.75, 3.05) is 6.61 Å². The third-order valence-corrected chi connectivity index (χ3v) is 4.12. The van der Waals surface area contributed by atoms with Crippen molar-refractivity contribution >= 4 is 5.91 Å². The Balaban J connectivity index is 1.65. The molecule has 1 saturated heterocycles. The predicted octanol–water partition coefficient (Wildman–Crippen LogP) is 2.30. The summed E-state index contributed by atoms with van der Waals surface area (Å²) in [7, 11) is 0. The zero-order valence-electron chi connectivity index (χ0n) is 12.7. The number of carbonyl (C=O) groups excluding carboxylic acids is 1. The molecule has 5 heteroatoms.